The first-order valence-corrected chi connectivity index (χ1v) is 10.8. The highest BCUT2D eigenvalue weighted by atomic mass is 32.2. The van der Waals surface area contributed by atoms with E-state index < -0.39 is 10.8 Å². The topological polar surface area (TPSA) is 132 Å². The fourth-order valence-corrected chi connectivity index (χ4v) is 3.80. The summed E-state index contributed by atoms with van der Waals surface area (Å²) in [6.07, 6.45) is 0. The van der Waals surface area contributed by atoms with Gasteiger partial charge < -0.3 is 15.2 Å². The van der Waals surface area contributed by atoms with Crippen LogP contribution in [0, 0.1) is 17.0 Å². The molecule has 2 aromatic carbocycles. The van der Waals surface area contributed by atoms with Crippen molar-refractivity contribution in [3.8, 4) is 0 Å². The molecule has 0 saturated heterocycles. The van der Waals surface area contributed by atoms with E-state index in [1.165, 1.54) is 18.2 Å². The van der Waals surface area contributed by atoms with Gasteiger partial charge in [0.15, 0.2) is 11.0 Å². The van der Waals surface area contributed by atoms with Crippen LogP contribution in [0.5, 0.6) is 0 Å². The van der Waals surface area contributed by atoms with Gasteiger partial charge in [-0.25, -0.2) is 0 Å². The Labute approximate surface area is 188 Å². The van der Waals surface area contributed by atoms with Gasteiger partial charge in [0.1, 0.15) is 5.69 Å². The monoisotopic (exact) mass is 454 g/mol. The van der Waals surface area contributed by atoms with E-state index in [1.807, 2.05) is 26.0 Å². The molecule has 32 heavy (non-hydrogen) atoms. The quantitative estimate of drug-likeness (QED) is 0.288. The second kappa shape index (κ2) is 10.5. The van der Waals surface area contributed by atoms with Crippen LogP contribution in [0.15, 0.2) is 53.7 Å². The maximum atomic E-state index is 12.4. The van der Waals surface area contributed by atoms with Crippen molar-refractivity contribution in [2.75, 3.05) is 11.1 Å². The zero-order chi connectivity index (χ0) is 23.1. The van der Waals surface area contributed by atoms with E-state index in [-0.39, 0.29) is 29.6 Å². The van der Waals surface area contributed by atoms with Crippen LogP contribution in [0.4, 0.5) is 11.4 Å². The van der Waals surface area contributed by atoms with Crippen molar-refractivity contribution in [1.29, 1.82) is 0 Å². The summed E-state index contributed by atoms with van der Waals surface area (Å²) in [4.78, 5) is 35.2. The van der Waals surface area contributed by atoms with Crippen molar-refractivity contribution in [1.82, 2.24) is 20.1 Å². The fourth-order valence-electron chi connectivity index (χ4n) is 2.98. The van der Waals surface area contributed by atoms with Gasteiger partial charge in [-0.05, 0) is 32.0 Å². The average molecular weight is 455 g/mol. The van der Waals surface area contributed by atoms with E-state index in [4.69, 9.17) is 0 Å². The number of benzene rings is 2. The van der Waals surface area contributed by atoms with Crippen molar-refractivity contribution in [3.05, 3.63) is 75.6 Å². The number of carbonyl (C=O) groups is 2. The number of thioether (sulfide) groups is 1. The van der Waals surface area contributed by atoms with Gasteiger partial charge in [-0.1, -0.05) is 41.6 Å². The number of hydrogen-bond donors (Lipinski definition) is 2. The largest absolute Gasteiger partial charge is 0.345 e. The third-order valence-corrected chi connectivity index (χ3v) is 5.47. The van der Waals surface area contributed by atoms with Gasteiger partial charge in [0.2, 0.25) is 5.91 Å². The standard InChI is InChI=1S/C21H22N6O4S/c1-3-26-18(12-22-20(29)15-8-6-7-14(2)11-15)24-25-21(26)32-13-19(28)23-16-9-4-5-10-17(16)27(30)31/h4-11H,3,12-13H2,1-2H3,(H,22,29)(H,23,28). The molecule has 0 atom stereocenters. The summed E-state index contributed by atoms with van der Waals surface area (Å²) in [5.41, 5.74) is 1.52. The lowest BCUT2D eigenvalue weighted by Crippen LogP contribution is -2.25. The van der Waals surface area contributed by atoms with Crippen molar-refractivity contribution >= 4 is 35.0 Å². The molecular formula is C21H22N6O4S. The lowest BCUT2D eigenvalue weighted by Gasteiger charge is -2.09. The summed E-state index contributed by atoms with van der Waals surface area (Å²) in [6.45, 7) is 4.57. The van der Waals surface area contributed by atoms with Gasteiger partial charge in [0, 0.05) is 18.2 Å². The number of para-hydroxylation sites is 2. The van der Waals surface area contributed by atoms with Crippen LogP contribution >= 0.6 is 11.8 Å². The number of nitro groups is 1. The van der Waals surface area contributed by atoms with Gasteiger partial charge in [0.25, 0.3) is 11.6 Å². The van der Waals surface area contributed by atoms with E-state index in [0.29, 0.717) is 23.1 Å². The lowest BCUT2D eigenvalue weighted by atomic mass is 10.1. The Balaban J connectivity index is 1.59. The molecule has 0 unspecified atom stereocenters. The number of amides is 2. The molecule has 10 nitrogen and oxygen atoms in total. The normalized spacial score (nSPS) is 10.6. The number of anilines is 1. The minimum atomic E-state index is -0.548. The Morgan fingerprint density at radius 3 is 2.66 bits per heavy atom. The predicted molar refractivity (Wildman–Crippen MR) is 120 cm³/mol. The molecule has 1 heterocycles. The number of nitrogens with zero attached hydrogens (tertiary/aromatic N) is 4. The third-order valence-electron chi connectivity index (χ3n) is 4.50. The molecule has 0 fully saturated rings. The first-order valence-electron chi connectivity index (χ1n) is 9.82. The SMILES string of the molecule is CCn1c(CNC(=O)c2cccc(C)c2)nnc1SCC(=O)Nc1ccccc1[N+](=O)[O-]. The lowest BCUT2D eigenvalue weighted by molar-refractivity contribution is -0.383. The zero-order valence-electron chi connectivity index (χ0n) is 17.6. The van der Waals surface area contributed by atoms with E-state index in [1.54, 1.807) is 22.8 Å². The summed E-state index contributed by atoms with van der Waals surface area (Å²) in [5, 5.41) is 25.2. The van der Waals surface area contributed by atoms with E-state index in [2.05, 4.69) is 20.8 Å². The van der Waals surface area contributed by atoms with Crippen LogP contribution in [0.2, 0.25) is 0 Å². The number of nitro benzene ring substituents is 1. The number of nitrogens with one attached hydrogen (secondary N) is 2. The summed E-state index contributed by atoms with van der Waals surface area (Å²) in [7, 11) is 0. The summed E-state index contributed by atoms with van der Waals surface area (Å²) < 4.78 is 1.80. The molecule has 0 aliphatic rings. The molecule has 3 rings (SSSR count). The highest BCUT2D eigenvalue weighted by Crippen LogP contribution is 2.24. The second-order valence-corrected chi connectivity index (χ2v) is 7.75. The van der Waals surface area contributed by atoms with Crippen LogP contribution in [0.3, 0.4) is 0 Å². The molecule has 0 aliphatic carbocycles. The Hall–Kier alpha value is -3.73. The Morgan fingerprint density at radius 1 is 1.16 bits per heavy atom. The number of aryl methyl sites for hydroxylation is 1. The predicted octanol–water partition coefficient (Wildman–Crippen LogP) is 3.18. The van der Waals surface area contributed by atoms with Crippen LogP contribution < -0.4 is 10.6 Å². The van der Waals surface area contributed by atoms with Crippen LogP contribution in [0.1, 0.15) is 28.7 Å². The van der Waals surface area contributed by atoms with Gasteiger partial charge in [0.05, 0.1) is 17.2 Å². The van der Waals surface area contributed by atoms with Crippen molar-refractivity contribution in [2.45, 2.75) is 32.1 Å². The summed E-state index contributed by atoms with van der Waals surface area (Å²) in [6, 6.07) is 13.2. The molecule has 0 spiro atoms. The Morgan fingerprint density at radius 2 is 1.94 bits per heavy atom. The first-order chi connectivity index (χ1) is 15.4. The van der Waals surface area contributed by atoms with Crippen LogP contribution in [0.25, 0.3) is 0 Å². The molecule has 0 saturated carbocycles. The van der Waals surface area contributed by atoms with Gasteiger partial charge in [-0.15, -0.1) is 10.2 Å². The molecule has 2 N–H and O–H groups in total. The Kier molecular flexibility index (Phi) is 7.55. The molecule has 0 aliphatic heterocycles. The number of rotatable bonds is 9. The minimum absolute atomic E-state index is 0.000165. The second-order valence-electron chi connectivity index (χ2n) is 6.81. The fraction of sp³-hybridized carbons (Fsp3) is 0.238. The number of hydrogen-bond acceptors (Lipinski definition) is 7. The molecule has 166 valence electrons. The van der Waals surface area contributed by atoms with Crippen molar-refractivity contribution in [3.63, 3.8) is 0 Å². The summed E-state index contributed by atoms with van der Waals surface area (Å²) in [5.74, 6) is -0.0448. The molecule has 0 radical (unpaired) electrons. The molecule has 1 aromatic heterocycles. The highest BCUT2D eigenvalue weighted by molar-refractivity contribution is 7.99. The van der Waals surface area contributed by atoms with Gasteiger partial charge in [-0.3, -0.25) is 19.7 Å². The highest BCUT2D eigenvalue weighted by Gasteiger charge is 2.17. The molecule has 0 bridgehead atoms. The number of aromatic nitrogens is 3. The molecular weight excluding hydrogens is 432 g/mol. The van der Waals surface area contributed by atoms with Gasteiger partial charge >= 0.3 is 0 Å². The molecule has 3 aromatic rings. The van der Waals surface area contributed by atoms with E-state index in [0.717, 1.165) is 17.3 Å². The summed E-state index contributed by atoms with van der Waals surface area (Å²) >= 11 is 1.16. The average Bonchev–Trinajstić information content (AvgIpc) is 3.18. The smallest absolute Gasteiger partial charge is 0.292 e. The third kappa shape index (κ3) is 5.70. The van der Waals surface area contributed by atoms with E-state index >= 15 is 0 Å². The van der Waals surface area contributed by atoms with Crippen molar-refractivity contribution in [2.24, 2.45) is 0 Å². The maximum Gasteiger partial charge on any atom is 0.292 e. The van der Waals surface area contributed by atoms with Gasteiger partial charge in [-0.2, -0.15) is 0 Å². The number of carbonyl (C=O) groups excluding carboxylic acids is 2. The minimum Gasteiger partial charge on any atom is -0.345 e. The first kappa shape index (κ1) is 22.9. The Bertz CT molecular complexity index is 1150. The van der Waals surface area contributed by atoms with Crippen molar-refractivity contribution < 1.29 is 14.5 Å². The van der Waals surface area contributed by atoms with Crippen LogP contribution in [-0.2, 0) is 17.9 Å². The van der Waals surface area contributed by atoms with E-state index in [9.17, 15) is 19.7 Å². The maximum absolute atomic E-state index is 12.4. The zero-order valence-corrected chi connectivity index (χ0v) is 18.4. The molecule has 11 heteroatoms. The molecule has 2 amide bonds. The van der Waals surface area contributed by atoms with Crippen LogP contribution in [-0.4, -0.2) is 37.3 Å².